The molecule has 1 atom stereocenters. The van der Waals surface area contributed by atoms with Gasteiger partial charge in [-0.05, 0) is 31.1 Å². The van der Waals surface area contributed by atoms with Gasteiger partial charge in [-0.25, -0.2) is 19.6 Å². The minimum absolute atomic E-state index is 0.0463. The number of carbonyl (C=O) groups excluding carboxylic acids is 2. The topological polar surface area (TPSA) is 175 Å². The Kier molecular flexibility index (Phi) is 9.03. The van der Waals surface area contributed by atoms with Crippen molar-refractivity contribution >= 4 is 52.0 Å². The Morgan fingerprint density at radius 1 is 1.27 bits per heavy atom. The Morgan fingerprint density at radius 2 is 2.05 bits per heavy atom. The second-order valence-corrected chi connectivity index (χ2v) is 11.3. The normalized spacial score (nSPS) is 15.7. The van der Waals surface area contributed by atoms with Crippen LogP contribution in [-0.2, 0) is 14.9 Å². The number of rotatable bonds is 8. The fourth-order valence-electron chi connectivity index (χ4n) is 4.25. The zero-order valence-corrected chi connectivity index (χ0v) is 23.7. The quantitative estimate of drug-likeness (QED) is 0.288. The predicted molar refractivity (Wildman–Crippen MR) is 154 cm³/mol. The van der Waals surface area contributed by atoms with Gasteiger partial charge >= 0.3 is 12.1 Å². The molecule has 0 saturated carbocycles. The number of amides is 2. The Balaban J connectivity index is 1.66. The highest BCUT2D eigenvalue weighted by Crippen LogP contribution is 2.27. The molecule has 0 aromatic carbocycles. The molecule has 0 unspecified atom stereocenters. The number of aliphatic hydroxyl groups is 1. The molecule has 14 heteroatoms. The van der Waals surface area contributed by atoms with Crippen molar-refractivity contribution in [2.45, 2.75) is 45.1 Å². The highest BCUT2D eigenvalue weighted by atomic mass is 32.1. The van der Waals surface area contributed by atoms with Gasteiger partial charge in [0.05, 0.1) is 24.4 Å². The van der Waals surface area contributed by atoms with Crippen molar-refractivity contribution in [3.63, 3.8) is 0 Å². The maximum absolute atomic E-state index is 13.5. The largest absolute Gasteiger partial charge is 0.478 e. The van der Waals surface area contributed by atoms with Crippen LogP contribution >= 0.6 is 11.3 Å². The van der Waals surface area contributed by atoms with Crippen LogP contribution in [0.25, 0.3) is 11.7 Å². The molecule has 1 saturated heterocycles. The van der Waals surface area contributed by atoms with E-state index in [1.54, 1.807) is 4.90 Å². The van der Waals surface area contributed by atoms with Crippen LogP contribution in [-0.4, -0.2) is 74.9 Å². The lowest BCUT2D eigenvalue weighted by Crippen LogP contribution is -2.43. The molecule has 0 radical (unpaired) electrons. The van der Waals surface area contributed by atoms with E-state index in [0.717, 1.165) is 11.8 Å². The SMILES string of the molecule is CC(C)(C)c1csc(NC(=O)c2ccn3c(=O)c(C=CC(=O)O)c(N4CCC[C@@H](OC(=O)NCCO)C4)nc3c2)n1. The fourth-order valence-corrected chi connectivity index (χ4v) is 5.18. The molecule has 1 aliphatic heterocycles. The van der Waals surface area contributed by atoms with Crippen LogP contribution in [0.4, 0.5) is 15.7 Å². The first-order chi connectivity index (χ1) is 19.5. The van der Waals surface area contributed by atoms with E-state index in [1.807, 2.05) is 26.2 Å². The van der Waals surface area contributed by atoms with Crippen molar-refractivity contribution in [3.8, 4) is 0 Å². The zero-order chi connectivity index (χ0) is 29.7. The van der Waals surface area contributed by atoms with Gasteiger partial charge in [0, 0.05) is 41.7 Å². The highest BCUT2D eigenvalue weighted by molar-refractivity contribution is 7.14. The number of aliphatic hydroxyl groups excluding tert-OH is 1. The van der Waals surface area contributed by atoms with E-state index < -0.39 is 29.6 Å². The highest BCUT2D eigenvalue weighted by Gasteiger charge is 2.27. The van der Waals surface area contributed by atoms with E-state index in [0.29, 0.717) is 24.5 Å². The monoisotopic (exact) mass is 584 g/mol. The lowest BCUT2D eigenvalue weighted by molar-refractivity contribution is -0.131. The molecule has 3 aromatic rings. The number of nitrogens with one attached hydrogen (secondary N) is 2. The number of aliphatic carboxylic acids is 1. The standard InChI is InChI=1S/C27H32N6O7S/c1-27(2,3)19-15-41-25(29-19)31-23(37)16-8-11-33-20(13-16)30-22(18(24(33)38)6-7-21(35)36)32-10-4-5-17(14-32)40-26(39)28-9-12-34/h6-8,11,13,15,17,34H,4-5,9-10,12,14H2,1-3H3,(H,28,39)(H,35,36)(H,29,31,37)/t17-/m1/s1. The van der Waals surface area contributed by atoms with Gasteiger partial charge in [0.2, 0.25) is 0 Å². The number of ether oxygens (including phenoxy) is 1. The molecular weight excluding hydrogens is 552 g/mol. The van der Waals surface area contributed by atoms with Gasteiger partial charge in [0.15, 0.2) is 5.13 Å². The maximum Gasteiger partial charge on any atom is 0.407 e. The lowest BCUT2D eigenvalue weighted by atomic mass is 9.93. The molecule has 3 aromatic heterocycles. The molecule has 41 heavy (non-hydrogen) atoms. The van der Waals surface area contributed by atoms with Crippen LogP contribution in [0.2, 0.25) is 0 Å². The summed E-state index contributed by atoms with van der Waals surface area (Å²) in [5, 5.41) is 25.7. The maximum atomic E-state index is 13.5. The number of carbonyl (C=O) groups is 3. The van der Waals surface area contributed by atoms with Crippen LogP contribution in [0.15, 0.2) is 34.6 Å². The minimum atomic E-state index is -1.23. The van der Waals surface area contributed by atoms with Crippen LogP contribution in [0, 0.1) is 0 Å². The third kappa shape index (κ3) is 7.27. The van der Waals surface area contributed by atoms with Crippen LogP contribution in [0.3, 0.4) is 0 Å². The number of carboxylic acids is 1. The van der Waals surface area contributed by atoms with Gasteiger partial charge in [-0.2, -0.15) is 0 Å². The molecule has 0 bridgehead atoms. The molecule has 4 N–H and O–H groups in total. The Morgan fingerprint density at radius 3 is 2.73 bits per heavy atom. The van der Waals surface area contributed by atoms with Crippen molar-refractivity contribution in [1.29, 1.82) is 0 Å². The number of carboxylic acid groups (broad SMARTS) is 1. The van der Waals surface area contributed by atoms with Crippen LogP contribution in [0.1, 0.15) is 55.2 Å². The third-order valence-electron chi connectivity index (χ3n) is 6.33. The zero-order valence-electron chi connectivity index (χ0n) is 22.9. The summed E-state index contributed by atoms with van der Waals surface area (Å²) in [5.74, 6) is -1.44. The predicted octanol–water partition coefficient (Wildman–Crippen LogP) is 2.49. The first-order valence-corrected chi connectivity index (χ1v) is 13.9. The minimum Gasteiger partial charge on any atom is -0.478 e. The lowest BCUT2D eigenvalue weighted by Gasteiger charge is -2.33. The van der Waals surface area contributed by atoms with E-state index in [2.05, 4.69) is 20.6 Å². The molecule has 1 fully saturated rings. The number of thiazole rings is 1. The first-order valence-electron chi connectivity index (χ1n) is 13.0. The number of hydrogen-bond donors (Lipinski definition) is 4. The molecule has 0 spiro atoms. The number of fused-ring (bicyclic) bond motifs is 1. The van der Waals surface area contributed by atoms with Gasteiger partial charge in [0.25, 0.3) is 11.5 Å². The summed E-state index contributed by atoms with van der Waals surface area (Å²) in [6.45, 7) is 6.61. The van der Waals surface area contributed by atoms with Crippen molar-refractivity contribution in [1.82, 2.24) is 19.7 Å². The van der Waals surface area contributed by atoms with Crippen molar-refractivity contribution in [3.05, 3.63) is 57.0 Å². The molecule has 0 aliphatic carbocycles. The number of nitrogens with zero attached hydrogens (tertiary/aromatic N) is 4. The number of pyridine rings is 1. The number of piperidine rings is 1. The molecule has 218 valence electrons. The average Bonchev–Trinajstić information content (AvgIpc) is 3.40. The number of aromatic nitrogens is 3. The first kappa shape index (κ1) is 29.7. The van der Waals surface area contributed by atoms with Crippen LogP contribution in [0.5, 0.6) is 0 Å². The molecule has 2 amide bonds. The molecule has 13 nitrogen and oxygen atoms in total. The summed E-state index contributed by atoms with van der Waals surface area (Å²) in [6.07, 6.45) is 3.46. The van der Waals surface area contributed by atoms with E-state index in [4.69, 9.17) is 9.84 Å². The van der Waals surface area contributed by atoms with Crippen molar-refractivity contribution in [2.75, 3.05) is 36.5 Å². The van der Waals surface area contributed by atoms with Gasteiger partial charge in [-0.3, -0.25) is 19.3 Å². The van der Waals surface area contributed by atoms with E-state index in [1.165, 1.54) is 40.1 Å². The van der Waals surface area contributed by atoms with Crippen LogP contribution < -0.4 is 21.1 Å². The van der Waals surface area contributed by atoms with E-state index in [-0.39, 0.29) is 47.7 Å². The second-order valence-electron chi connectivity index (χ2n) is 10.5. The summed E-state index contributed by atoms with van der Waals surface area (Å²) in [4.78, 5) is 60.7. The number of hydrogen-bond acceptors (Lipinski definition) is 10. The smallest absolute Gasteiger partial charge is 0.407 e. The van der Waals surface area contributed by atoms with E-state index in [9.17, 15) is 24.3 Å². The van der Waals surface area contributed by atoms with Crippen molar-refractivity contribution in [2.24, 2.45) is 0 Å². The third-order valence-corrected chi connectivity index (χ3v) is 7.08. The van der Waals surface area contributed by atoms with Gasteiger partial charge in [0.1, 0.15) is 17.6 Å². The Hall–Kier alpha value is -4.30. The summed E-state index contributed by atoms with van der Waals surface area (Å²) in [7, 11) is 0. The Labute approximate surface area is 239 Å². The number of alkyl carbamates (subject to hydrolysis) is 1. The summed E-state index contributed by atoms with van der Waals surface area (Å²) in [5.41, 5.74) is 0.648. The Bertz CT molecular complexity index is 1540. The van der Waals surface area contributed by atoms with Crippen molar-refractivity contribution < 1.29 is 29.3 Å². The summed E-state index contributed by atoms with van der Waals surface area (Å²) in [6, 6.07) is 2.95. The van der Waals surface area contributed by atoms with Gasteiger partial charge in [-0.1, -0.05) is 20.8 Å². The fraction of sp³-hybridized carbons (Fsp3) is 0.407. The van der Waals surface area contributed by atoms with Gasteiger partial charge in [-0.15, -0.1) is 11.3 Å². The average molecular weight is 585 g/mol. The molecule has 1 aliphatic rings. The molecule has 4 rings (SSSR count). The second kappa shape index (κ2) is 12.5. The molecule has 4 heterocycles. The molecular formula is C27H32N6O7S. The van der Waals surface area contributed by atoms with E-state index >= 15 is 0 Å². The summed E-state index contributed by atoms with van der Waals surface area (Å²) >= 11 is 1.32. The van der Waals surface area contributed by atoms with Gasteiger partial charge < -0.3 is 25.2 Å². The summed E-state index contributed by atoms with van der Waals surface area (Å²) < 4.78 is 6.69. The number of anilines is 2.